The number of aromatic nitrogens is 4. The standard InChI is InChI=1S/C30H38BrN7O6S.C2HF3O2/c1-18(15-36-9-11-41-12-10-36)29(40)44-19(2)28(39)37-6-3-20(4-7-37)5-8-38-27-25(26(32)33-16-34-27)35-30(38)45-24-14-23-22(13-21(24)31)42-17-43-23;3-2(4,5)1(6)7/h13-14,16,18-20H,3-12,15,17H2,1-2H3,(H2,32,33,34);(H,6,7)/t18?,19-;/m0./s1. The summed E-state index contributed by atoms with van der Waals surface area (Å²) in [7, 11) is 0. The molecule has 3 aliphatic heterocycles. The molecule has 6 rings (SSSR count). The lowest BCUT2D eigenvalue weighted by Gasteiger charge is -2.34. The van der Waals surface area contributed by atoms with Gasteiger partial charge in [-0.15, -0.1) is 0 Å². The number of carbonyl (C=O) groups is 3. The van der Waals surface area contributed by atoms with Gasteiger partial charge in [0.05, 0.1) is 19.1 Å². The van der Waals surface area contributed by atoms with Crippen LogP contribution in [0.3, 0.4) is 0 Å². The van der Waals surface area contributed by atoms with Crippen molar-refractivity contribution in [3.05, 3.63) is 22.9 Å². The van der Waals surface area contributed by atoms with Crippen LogP contribution in [0.15, 0.2) is 33.0 Å². The van der Waals surface area contributed by atoms with Crippen LogP contribution in [0.2, 0.25) is 0 Å². The highest BCUT2D eigenvalue weighted by molar-refractivity contribution is 9.10. The quantitative estimate of drug-likeness (QED) is 0.277. The molecule has 3 aromatic rings. The third-order valence-electron chi connectivity index (χ3n) is 8.76. The monoisotopic (exact) mass is 817 g/mol. The Morgan fingerprint density at radius 1 is 1.10 bits per heavy atom. The van der Waals surface area contributed by atoms with Crippen LogP contribution in [0.5, 0.6) is 11.5 Å². The number of likely N-dealkylation sites (tertiary alicyclic amines) is 1. The van der Waals surface area contributed by atoms with E-state index in [4.69, 9.17) is 39.6 Å². The van der Waals surface area contributed by atoms with E-state index in [2.05, 4.69) is 35.4 Å². The van der Waals surface area contributed by atoms with E-state index in [1.54, 1.807) is 6.92 Å². The number of piperidine rings is 1. The van der Waals surface area contributed by atoms with Gasteiger partial charge in [0, 0.05) is 48.6 Å². The maximum atomic E-state index is 13.2. The Kier molecular flexibility index (Phi) is 13.1. The molecule has 3 N–H and O–H groups in total. The number of benzene rings is 1. The van der Waals surface area contributed by atoms with Crippen molar-refractivity contribution in [2.75, 3.05) is 58.5 Å². The van der Waals surface area contributed by atoms with Gasteiger partial charge in [0.25, 0.3) is 5.91 Å². The first-order chi connectivity index (χ1) is 24.7. The zero-order chi connectivity index (χ0) is 37.6. The maximum absolute atomic E-state index is 13.2. The molecule has 3 aliphatic rings. The molecule has 1 amide bonds. The summed E-state index contributed by atoms with van der Waals surface area (Å²) in [6, 6.07) is 3.83. The number of fused-ring (bicyclic) bond motifs is 2. The van der Waals surface area contributed by atoms with Gasteiger partial charge in [0.1, 0.15) is 6.33 Å². The van der Waals surface area contributed by atoms with Gasteiger partial charge in [0.15, 0.2) is 39.7 Å². The summed E-state index contributed by atoms with van der Waals surface area (Å²) < 4.78 is 56.8. The molecule has 52 heavy (non-hydrogen) atoms. The van der Waals surface area contributed by atoms with Crippen molar-refractivity contribution >= 4 is 62.5 Å². The molecule has 0 saturated carbocycles. The lowest BCUT2D eigenvalue weighted by Crippen LogP contribution is -2.45. The second kappa shape index (κ2) is 17.3. The molecule has 2 fully saturated rings. The van der Waals surface area contributed by atoms with Crippen molar-refractivity contribution in [3.63, 3.8) is 0 Å². The van der Waals surface area contributed by atoms with E-state index in [-0.39, 0.29) is 24.6 Å². The molecule has 15 nitrogen and oxygen atoms in total. The summed E-state index contributed by atoms with van der Waals surface area (Å²) in [6.07, 6.45) is -1.82. The van der Waals surface area contributed by atoms with E-state index in [0.29, 0.717) is 73.8 Å². The smallest absolute Gasteiger partial charge is 0.475 e. The zero-order valence-electron chi connectivity index (χ0n) is 28.4. The minimum Gasteiger partial charge on any atom is -0.475 e. The number of alkyl halides is 3. The lowest BCUT2D eigenvalue weighted by molar-refractivity contribution is -0.192. The molecular weight excluding hydrogens is 779 g/mol. The molecule has 0 aliphatic carbocycles. The lowest BCUT2D eigenvalue weighted by atomic mass is 9.93. The number of aliphatic carboxylic acids is 1. The molecule has 2 saturated heterocycles. The van der Waals surface area contributed by atoms with Gasteiger partial charge in [-0.1, -0.05) is 18.7 Å². The molecule has 20 heteroatoms. The van der Waals surface area contributed by atoms with Crippen LogP contribution in [0.25, 0.3) is 11.2 Å². The summed E-state index contributed by atoms with van der Waals surface area (Å²) in [5.74, 6) is -1.40. The minimum atomic E-state index is -5.08. The van der Waals surface area contributed by atoms with E-state index in [9.17, 15) is 22.8 Å². The predicted molar refractivity (Wildman–Crippen MR) is 184 cm³/mol. The Labute approximate surface area is 309 Å². The number of halogens is 4. The fraction of sp³-hybridized carbons (Fsp3) is 0.562. The van der Waals surface area contributed by atoms with Crippen molar-refractivity contribution < 1.29 is 51.6 Å². The van der Waals surface area contributed by atoms with Crippen molar-refractivity contribution in [1.82, 2.24) is 29.3 Å². The average molecular weight is 819 g/mol. The number of carboxylic acid groups (broad SMARTS) is 1. The van der Waals surface area contributed by atoms with Crippen LogP contribution in [0.1, 0.15) is 33.1 Å². The SMILES string of the molecule is CC(CN1CCOCC1)C(=O)O[C@@H](C)C(=O)N1CCC(CCn2c(Sc3cc4c(cc3Br)OCO4)nc3c(N)ncnc32)CC1.O=C(O)C(F)(F)F. The Hall–Kier alpha value is -3.88. The number of amides is 1. The fourth-order valence-corrected chi connectivity index (χ4v) is 7.39. The third kappa shape index (κ3) is 9.95. The second-order valence-electron chi connectivity index (χ2n) is 12.5. The van der Waals surface area contributed by atoms with Crippen molar-refractivity contribution in [2.24, 2.45) is 11.8 Å². The van der Waals surface area contributed by atoms with Crippen LogP contribution in [-0.2, 0) is 30.4 Å². The molecule has 1 aromatic carbocycles. The van der Waals surface area contributed by atoms with Crippen LogP contribution in [-0.4, -0.2) is 117 Å². The number of nitrogens with two attached hydrogens (primary N) is 1. The molecule has 5 heterocycles. The number of nitrogens with zero attached hydrogens (tertiary/aromatic N) is 6. The Balaban J connectivity index is 0.000000679. The number of anilines is 1. The predicted octanol–water partition coefficient (Wildman–Crippen LogP) is 4.21. The van der Waals surface area contributed by atoms with Crippen LogP contribution < -0.4 is 15.2 Å². The highest BCUT2D eigenvalue weighted by atomic mass is 79.9. The van der Waals surface area contributed by atoms with E-state index in [1.807, 2.05) is 24.0 Å². The number of esters is 1. The molecule has 2 atom stereocenters. The number of carboxylic acids is 1. The van der Waals surface area contributed by atoms with Crippen molar-refractivity contribution in [3.8, 4) is 11.5 Å². The first kappa shape index (κ1) is 39.3. The Bertz CT molecular complexity index is 1750. The number of morpholine rings is 1. The van der Waals surface area contributed by atoms with Crippen LogP contribution in [0.4, 0.5) is 19.0 Å². The second-order valence-corrected chi connectivity index (χ2v) is 14.3. The number of aryl methyl sites for hydroxylation is 1. The van der Waals surface area contributed by atoms with Gasteiger partial charge in [-0.2, -0.15) is 13.2 Å². The first-order valence-corrected chi connectivity index (χ1v) is 18.1. The highest BCUT2D eigenvalue weighted by Gasteiger charge is 2.38. The Morgan fingerprint density at radius 3 is 2.40 bits per heavy atom. The highest BCUT2D eigenvalue weighted by Crippen LogP contribution is 2.43. The molecule has 1 unspecified atom stereocenters. The van der Waals surface area contributed by atoms with Gasteiger partial charge in [-0.25, -0.2) is 19.7 Å². The number of carbonyl (C=O) groups excluding carboxylic acids is 2. The van der Waals surface area contributed by atoms with Gasteiger partial charge >= 0.3 is 18.1 Å². The largest absolute Gasteiger partial charge is 0.490 e. The number of hydrogen-bond acceptors (Lipinski definition) is 13. The van der Waals surface area contributed by atoms with E-state index >= 15 is 0 Å². The van der Waals surface area contributed by atoms with E-state index < -0.39 is 18.2 Å². The molecule has 0 spiro atoms. The van der Waals surface area contributed by atoms with E-state index in [0.717, 1.165) is 46.9 Å². The van der Waals surface area contributed by atoms with Gasteiger partial charge < -0.3 is 39.3 Å². The van der Waals surface area contributed by atoms with Crippen LogP contribution >= 0.6 is 27.7 Å². The number of hydrogen-bond donors (Lipinski definition) is 2. The van der Waals surface area contributed by atoms with Crippen molar-refractivity contribution in [2.45, 2.75) is 62.0 Å². The maximum Gasteiger partial charge on any atom is 0.490 e. The summed E-state index contributed by atoms with van der Waals surface area (Å²) in [6.45, 7) is 9.21. The van der Waals surface area contributed by atoms with Gasteiger partial charge in [-0.05, 0) is 60.2 Å². The fourth-order valence-electron chi connectivity index (χ4n) is 5.89. The number of imidazole rings is 1. The Morgan fingerprint density at radius 2 is 1.75 bits per heavy atom. The molecule has 2 aromatic heterocycles. The number of ether oxygens (including phenoxy) is 4. The number of nitrogen functional groups attached to an aromatic ring is 1. The molecule has 0 radical (unpaired) electrons. The molecule has 0 bridgehead atoms. The molecule has 284 valence electrons. The van der Waals surface area contributed by atoms with Gasteiger partial charge in [-0.3, -0.25) is 14.5 Å². The van der Waals surface area contributed by atoms with Crippen LogP contribution in [0, 0.1) is 11.8 Å². The summed E-state index contributed by atoms with van der Waals surface area (Å²) in [4.78, 5) is 53.1. The summed E-state index contributed by atoms with van der Waals surface area (Å²) in [5, 5.41) is 7.88. The average Bonchev–Trinajstić information content (AvgIpc) is 3.71. The normalized spacial score (nSPS) is 17.7. The van der Waals surface area contributed by atoms with E-state index in [1.165, 1.54) is 18.1 Å². The number of rotatable bonds is 10. The van der Waals surface area contributed by atoms with Gasteiger partial charge in [0.2, 0.25) is 6.79 Å². The first-order valence-electron chi connectivity index (χ1n) is 16.5. The third-order valence-corrected chi connectivity index (χ3v) is 10.7. The summed E-state index contributed by atoms with van der Waals surface area (Å²) >= 11 is 5.14. The zero-order valence-corrected chi connectivity index (χ0v) is 30.8. The molecular formula is C32H39BrF3N7O8S. The topological polar surface area (TPSA) is 184 Å². The summed E-state index contributed by atoms with van der Waals surface area (Å²) in [5.41, 5.74) is 7.43. The van der Waals surface area contributed by atoms with Crippen molar-refractivity contribution in [1.29, 1.82) is 0 Å². The minimum absolute atomic E-state index is 0.138.